The number of halogens is 3. The van der Waals surface area contributed by atoms with Gasteiger partial charge in [-0.15, -0.1) is 0 Å². The van der Waals surface area contributed by atoms with Gasteiger partial charge in [-0.25, -0.2) is 4.58 Å². The molecule has 1 rings (SSSR count). The Labute approximate surface area is 102 Å². The number of phenolic OH excluding ortho intramolecular Hbond substituents is 1. The summed E-state index contributed by atoms with van der Waals surface area (Å²) >= 11 is 0. The quantitative estimate of drug-likeness (QED) is 0.513. The molecule has 98 valence electrons. The Kier molecular flexibility index (Phi) is 4.11. The summed E-state index contributed by atoms with van der Waals surface area (Å²) in [7, 11) is 2.80. The molecule has 0 bridgehead atoms. The molecule has 3 nitrogen and oxygen atoms in total. The van der Waals surface area contributed by atoms with Crippen molar-refractivity contribution >= 4 is 12.0 Å². The van der Waals surface area contributed by atoms with Gasteiger partial charge in [0.25, 0.3) is 0 Å². The number of hydrogen-bond acceptors (Lipinski definition) is 2. The summed E-state index contributed by atoms with van der Waals surface area (Å²) < 4.78 is 39.5. The van der Waals surface area contributed by atoms with Gasteiger partial charge in [0.15, 0.2) is 17.9 Å². The summed E-state index contributed by atoms with van der Waals surface area (Å²) in [4.78, 5) is 11.8. The van der Waals surface area contributed by atoms with Gasteiger partial charge in [0, 0.05) is 0 Å². The second-order valence-corrected chi connectivity index (χ2v) is 4.01. The van der Waals surface area contributed by atoms with Crippen LogP contribution in [0.5, 0.6) is 5.75 Å². The predicted molar refractivity (Wildman–Crippen MR) is 60.2 cm³/mol. The number of carbonyl (C=O) groups is 1. The highest BCUT2D eigenvalue weighted by atomic mass is 19.4. The number of rotatable bonds is 3. The molecule has 0 spiro atoms. The van der Waals surface area contributed by atoms with Crippen molar-refractivity contribution in [2.45, 2.75) is 6.18 Å². The molecular formula is C12H13F3NO2+. The minimum Gasteiger partial charge on any atom is -0.507 e. The lowest BCUT2D eigenvalue weighted by Crippen LogP contribution is -2.34. The molecule has 0 aliphatic heterocycles. The summed E-state index contributed by atoms with van der Waals surface area (Å²) in [5, 5.41) is 9.41. The number of ketones is 1. The maximum absolute atomic E-state index is 12.8. The summed E-state index contributed by atoms with van der Waals surface area (Å²) in [6.07, 6.45) is -3.92. The number of para-hydroxylation sites is 1. The second kappa shape index (κ2) is 5.20. The summed E-state index contributed by atoms with van der Waals surface area (Å²) in [5.74, 6) is -3.89. The highest BCUT2D eigenvalue weighted by Gasteiger charge is 2.46. The van der Waals surface area contributed by atoms with E-state index < -0.39 is 23.6 Å². The Bertz CT molecular complexity index is 476. The fourth-order valence-corrected chi connectivity index (χ4v) is 1.45. The minimum atomic E-state index is -4.69. The van der Waals surface area contributed by atoms with Crippen LogP contribution in [0.25, 0.3) is 0 Å². The molecule has 0 amide bonds. The molecule has 1 atom stereocenters. The Morgan fingerprint density at radius 1 is 1.33 bits per heavy atom. The fraction of sp³-hybridized carbons (Fsp3) is 0.333. The van der Waals surface area contributed by atoms with Gasteiger partial charge in [-0.05, 0) is 12.1 Å². The number of benzene rings is 1. The third-order valence-corrected chi connectivity index (χ3v) is 2.25. The van der Waals surface area contributed by atoms with Crippen LogP contribution < -0.4 is 0 Å². The standard InChI is InChI=1S/C12H12F3NO2/c1-16(2)7-9(12(13,14)15)11(18)8-5-3-4-6-10(8)17/h3-7,9H,1-2H3/p+1. The number of carbonyl (C=O) groups excluding carboxylic acids is 1. The zero-order chi connectivity index (χ0) is 13.9. The first-order valence-electron chi connectivity index (χ1n) is 5.14. The van der Waals surface area contributed by atoms with Crippen LogP contribution in [0.15, 0.2) is 24.3 Å². The first-order valence-corrected chi connectivity index (χ1v) is 5.14. The molecule has 0 radical (unpaired) electrons. The van der Waals surface area contributed by atoms with E-state index in [1.165, 1.54) is 38.4 Å². The zero-order valence-electron chi connectivity index (χ0n) is 9.90. The van der Waals surface area contributed by atoms with Crippen molar-refractivity contribution in [3.05, 3.63) is 29.8 Å². The van der Waals surface area contributed by atoms with Crippen molar-refractivity contribution < 1.29 is 27.6 Å². The Morgan fingerprint density at radius 2 is 1.89 bits per heavy atom. The second-order valence-electron chi connectivity index (χ2n) is 4.01. The van der Waals surface area contributed by atoms with E-state index in [-0.39, 0.29) is 5.56 Å². The van der Waals surface area contributed by atoms with Crippen molar-refractivity contribution in [3.8, 4) is 5.75 Å². The van der Waals surface area contributed by atoms with E-state index in [1.54, 1.807) is 0 Å². The lowest BCUT2D eigenvalue weighted by atomic mass is 9.97. The van der Waals surface area contributed by atoms with Gasteiger partial charge in [0.1, 0.15) is 19.8 Å². The highest BCUT2D eigenvalue weighted by molar-refractivity contribution is 6.07. The van der Waals surface area contributed by atoms with Crippen LogP contribution in [0.3, 0.4) is 0 Å². The van der Waals surface area contributed by atoms with Gasteiger partial charge in [-0.2, -0.15) is 13.2 Å². The van der Waals surface area contributed by atoms with Crippen LogP contribution >= 0.6 is 0 Å². The molecule has 6 heteroatoms. The molecule has 0 aliphatic carbocycles. The van der Waals surface area contributed by atoms with Crippen LogP contribution in [0.1, 0.15) is 10.4 Å². The monoisotopic (exact) mass is 260 g/mol. The van der Waals surface area contributed by atoms with Crippen LogP contribution in [-0.2, 0) is 0 Å². The number of nitrogens with zero attached hydrogens (tertiary/aromatic N) is 1. The Hall–Kier alpha value is -1.85. The molecule has 0 fully saturated rings. The largest absolute Gasteiger partial charge is 0.507 e. The number of Topliss-reactive ketones (excluding diaryl/α,β-unsaturated/α-hetero) is 1. The van der Waals surface area contributed by atoms with Gasteiger partial charge in [-0.3, -0.25) is 4.79 Å². The number of alkyl halides is 3. The van der Waals surface area contributed by atoms with Gasteiger partial charge >= 0.3 is 6.18 Å². The zero-order valence-corrected chi connectivity index (χ0v) is 9.90. The molecule has 1 aromatic carbocycles. The molecule has 0 aromatic heterocycles. The van der Waals surface area contributed by atoms with Crippen LogP contribution in [-0.4, -0.2) is 42.0 Å². The summed E-state index contributed by atoms with van der Waals surface area (Å²) in [6, 6.07) is 5.18. The fourth-order valence-electron chi connectivity index (χ4n) is 1.45. The molecule has 0 saturated heterocycles. The van der Waals surface area contributed by atoms with Gasteiger partial charge in [-0.1, -0.05) is 12.1 Å². The lowest BCUT2D eigenvalue weighted by Gasteiger charge is -2.14. The average molecular weight is 260 g/mol. The van der Waals surface area contributed by atoms with Crippen molar-refractivity contribution in [1.82, 2.24) is 0 Å². The smallest absolute Gasteiger partial charge is 0.408 e. The van der Waals surface area contributed by atoms with Gasteiger partial charge < -0.3 is 5.11 Å². The third kappa shape index (κ3) is 3.32. The van der Waals surface area contributed by atoms with Gasteiger partial charge in [0.05, 0.1) is 5.56 Å². The van der Waals surface area contributed by atoms with E-state index in [2.05, 4.69) is 0 Å². The molecule has 1 unspecified atom stereocenters. The first kappa shape index (κ1) is 14.2. The number of hydrogen-bond donors (Lipinski definition) is 1. The number of aromatic hydroxyl groups is 1. The normalized spacial score (nSPS) is 12.9. The van der Waals surface area contributed by atoms with Crippen molar-refractivity contribution in [2.75, 3.05) is 14.1 Å². The SMILES string of the molecule is C[N+](C)=CC(C(=O)c1ccccc1O)C(F)(F)F. The van der Waals surface area contributed by atoms with Crippen molar-refractivity contribution in [2.24, 2.45) is 5.92 Å². The number of phenols is 1. The minimum absolute atomic E-state index is 0.335. The van der Waals surface area contributed by atoms with Crippen molar-refractivity contribution in [3.63, 3.8) is 0 Å². The molecule has 1 aromatic rings. The average Bonchev–Trinajstić information content (AvgIpc) is 2.24. The third-order valence-electron chi connectivity index (χ3n) is 2.25. The van der Waals surface area contributed by atoms with E-state index in [4.69, 9.17) is 0 Å². The maximum atomic E-state index is 12.8. The molecular weight excluding hydrogens is 247 g/mol. The Balaban J connectivity index is 3.20. The van der Waals surface area contributed by atoms with Crippen molar-refractivity contribution in [1.29, 1.82) is 0 Å². The summed E-state index contributed by atoms with van der Waals surface area (Å²) in [6.45, 7) is 0. The van der Waals surface area contributed by atoms with Crippen LogP contribution in [0, 0.1) is 5.92 Å². The molecule has 18 heavy (non-hydrogen) atoms. The molecule has 1 N–H and O–H groups in total. The Morgan fingerprint density at radius 3 is 2.33 bits per heavy atom. The van der Waals surface area contributed by atoms with E-state index in [1.807, 2.05) is 0 Å². The first-order chi connectivity index (χ1) is 8.23. The van der Waals surface area contributed by atoms with E-state index in [0.29, 0.717) is 0 Å². The maximum Gasteiger partial charge on any atom is 0.408 e. The molecule has 0 aliphatic rings. The van der Waals surface area contributed by atoms with E-state index in [0.717, 1.165) is 10.8 Å². The lowest BCUT2D eigenvalue weighted by molar-refractivity contribution is -0.462. The van der Waals surface area contributed by atoms with E-state index in [9.17, 15) is 23.1 Å². The predicted octanol–water partition coefficient (Wildman–Crippen LogP) is 2.10. The van der Waals surface area contributed by atoms with Gasteiger partial charge in [0.2, 0.25) is 0 Å². The molecule has 0 heterocycles. The van der Waals surface area contributed by atoms with E-state index >= 15 is 0 Å². The topological polar surface area (TPSA) is 40.3 Å². The van der Waals surface area contributed by atoms with Crippen LogP contribution in [0.2, 0.25) is 0 Å². The van der Waals surface area contributed by atoms with Crippen LogP contribution in [0.4, 0.5) is 13.2 Å². The summed E-state index contributed by atoms with van der Waals surface area (Å²) in [5.41, 5.74) is -0.335. The molecule has 0 saturated carbocycles. The highest BCUT2D eigenvalue weighted by Crippen LogP contribution is 2.30.